The number of hydrogen-bond acceptors (Lipinski definition) is 4. The number of rotatable bonds is 4. The summed E-state index contributed by atoms with van der Waals surface area (Å²) in [5, 5.41) is 0. The van der Waals surface area contributed by atoms with Gasteiger partial charge in [-0.3, -0.25) is 0 Å². The molecule has 0 radical (unpaired) electrons. The van der Waals surface area contributed by atoms with Crippen LogP contribution in [-0.4, -0.2) is 19.7 Å². The van der Waals surface area contributed by atoms with E-state index in [1.807, 2.05) is 6.92 Å². The first kappa shape index (κ1) is 11.4. The number of ether oxygens (including phenoxy) is 2. The van der Waals surface area contributed by atoms with Crippen molar-refractivity contribution >= 4 is 11.7 Å². The van der Waals surface area contributed by atoms with E-state index in [0.29, 0.717) is 23.6 Å². The topological polar surface area (TPSA) is 61.5 Å². The van der Waals surface area contributed by atoms with E-state index in [9.17, 15) is 4.79 Å². The maximum Gasteiger partial charge on any atom is 0.340 e. The van der Waals surface area contributed by atoms with Gasteiger partial charge in [0.25, 0.3) is 0 Å². The Morgan fingerprint density at radius 3 is 2.73 bits per heavy atom. The number of carbonyl (C=O) groups excluding carboxylic acids is 1. The zero-order chi connectivity index (χ0) is 11.3. The van der Waals surface area contributed by atoms with Crippen LogP contribution < -0.4 is 10.5 Å². The van der Waals surface area contributed by atoms with Crippen LogP contribution in [0, 0.1) is 0 Å². The number of esters is 1. The summed E-state index contributed by atoms with van der Waals surface area (Å²) in [5.41, 5.74) is 6.44. The molecule has 0 aliphatic rings. The molecule has 0 amide bonds. The molecule has 0 heterocycles. The molecule has 0 bridgehead atoms. The van der Waals surface area contributed by atoms with Crippen molar-refractivity contribution in [3.05, 3.63) is 23.8 Å². The second kappa shape index (κ2) is 5.24. The van der Waals surface area contributed by atoms with Crippen LogP contribution >= 0.6 is 0 Å². The van der Waals surface area contributed by atoms with E-state index < -0.39 is 5.97 Å². The van der Waals surface area contributed by atoms with Crippen LogP contribution in [0.5, 0.6) is 5.75 Å². The molecule has 1 aromatic carbocycles. The van der Waals surface area contributed by atoms with E-state index in [1.165, 1.54) is 0 Å². The number of anilines is 1. The maximum absolute atomic E-state index is 11.5. The number of benzene rings is 1. The molecule has 0 aliphatic carbocycles. The molecule has 0 atom stereocenters. The normalized spacial score (nSPS) is 9.73. The number of methoxy groups -OCH3 is 1. The Kier molecular flexibility index (Phi) is 3.97. The van der Waals surface area contributed by atoms with Crippen molar-refractivity contribution in [1.82, 2.24) is 0 Å². The van der Waals surface area contributed by atoms with Gasteiger partial charge in [-0.15, -0.1) is 0 Å². The summed E-state index contributed by atoms with van der Waals surface area (Å²) in [6, 6.07) is 4.88. The lowest BCUT2D eigenvalue weighted by Gasteiger charge is -2.07. The van der Waals surface area contributed by atoms with Gasteiger partial charge in [0.15, 0.2) is 0 Å². The molecular weight excluding hydrogens is 194 g/mol. The highest BCUT2D eigenvalue weighted by atomic mass is 16.5. The summed E-state index contributed by atoms with van der Waals surface area (Å²) in [6.45, 7) is 2.34. The predicted molar refractivity (Wildman–Crippen MR) is 58.0 cm³/mol. The highest BCUT2D eigenvalue weighted by Gasteiger charge is 2.11. The first-order valence-electron chi connectivity index (χ1n) is 4.79. The molecule has 0 fully saturated rings. The third kappa shape index (κ3) is 2.87. The molecule has 82 valence electrons. The van der Waals surface area contributed by atoms with E-state index in [1.54, 1.807) is 25.3 Å². The van der Waals surface area contributed by atoms with Gasteiger partial charge in [-0.2, -0.15) is 0 Å². The van der Waals surface area contributed by atoms with Crippen molar-refractivity contribution in [2.45, 2.75) is 13.3 Å². The summed E-state index contributed by atoms with van der Waals surface area (Å²) in [6.07, 6.45) is 0.793. The van der Waals surface area contributed by atoms with Crippen LogP contribution in [0.1, 0.15) is 23.7 Å². The third-order valence-electron chi connectivity index (χ3n) is 1.92. The van der Waals surface area contributed by atoms with Crippen LogP contribution in [-0.2, 0) is 4.74 Å². The fraction of sp³-hybridized carbons (Fsp3) is 0.364. The molecule has 0 spiro atoms. The fourth-order valence-corrected chi connectivity index (χ4v) is 1.13. The highest BCUT2D eigenvalue weighted by Crippen LogP contribution is 2.20. The summed E-state index contributed by atoms with van der Waals surface area (Å²) in [5.74, 6) is 0.233. The minimum absolute atomic E-state index is 0.371. The summed E-state index contributed by atoms with van der Waals surface area (Å²) >= 11 is 0. The molecule has 0 unspecified atom stereocenters. The molecule has 4 nitrogen and oxygen atoms in total. The molecule has 0 saturated carbocycles. The van der Waals surface area contributed by atoms with Gasteiger partial charge in [0.05, 0.1) is 19.3 Å². The second-order valence-electron chi connectivity index (χ2n) is 3.09. The first-order valence-corrected chi connectivity index (χ1v) is 4.79. The molecular formula is C11H15NO3. The van der Waals surface area contributed by atoms with Crippen molar-refractivity contribution < 1.29 is 14.3 Å². The van der Waals surface area contributed by atoms with Gasteiger partial charge in [0.2, 0.25) is 0 Å². The molecule has 15 heavy (non-hydrogen) atoms. The van der Waals surface area contributed by atoms with Crippen LogP contribution in [0.3, 0.4) is 0 Å². The summed E-state index contributed by atoms with van der Waals surface area (Å²) in [4.78, 5) is 11.5. The standard InChI is InChI=1S/C11H15NO3/c1-3-6-15-11(13)9-5-4-8(14-2)7-10(9)12/h4-5,7H,3,6,12H2,1-2H3. The SMILES string of the molecule is CCCOC(=O)c1ccc(OC)cc1N. The first-order chi connectivity index (χ1) is 7.19. The molecule has 0 aromatic heterocycles. The van der Waals surface area contributed by atoms with Gasteiger partial charge >= 0.3 is 5.97 Å². The minimum atomic E-state index is -0.392. The number of hydrogen-bond donors (Lipinski definition) is 1. The Bertz CT molecular complexity index is 350. The van der Waals surface area contributed by atoms with Crippen LogP contribution in [0.4, 0.5) is 5.69 Å². The smallest absolute Gasteiger partial charge is 0.340 e. The molecule has 2 N–H and O–H groups in total. The largest absolute Gasteiger partial charge is 0.497 e. The Balaban J connectivity index is 2.81. The van der Waals surface area contributed by atoms with Crippen molar-refractivity contribution in [2.24, 2.45) is 0 Å². The highest BCUT2D eigenvalue weighted by molar-refractivity contribution is 5.95. The minimum Gasteiger partial charge on any atom is -0.497 e. The number of nitrogen functional groups attached to an aromatic ring is 1. The van der Waals surface area contributed by atoms with Gasteiger partial charge in [-0.1, -0.05) is 6.92 Å². The van der Waals surface area contributed by atoms with Gasteiger partial charge in [0.1, 0.15) is 5.75 Å². The van der Waals surface area contributed by atoms with Crippen molar-refractivity contribution in [2.75, 3.05) is 19.5 Å². The average Bonchev–Trinajstić information content (AvgIpc) is 2.25. The van der Waals surface area contributed by atoms with E-state index in [0.717, 1.165) is 6.42 Å². The quantitative estimate of drug-likeness (QED) is 0.607. The Morgan fingerprint density at radius 2 is 2.20 bits per heavy atom. The van der Waals surface area contributed by atoms with Gasteiger partial charge in [-0.25, -0.2) is 4.79 Å². The van der Waals surface area contributed by atoms with Crippen molar-refractivity contribution in [3.8, 4) is 5.75 Å². The molecule has 1 rings (SSSR count). The fourth-order valence-electron chi connectivity index (χ4n) is 1.13. The van der Waals surface area contributed by atoms with Crippen molar-refractivity contribution in [1.29, 1.82) is 0 Å². The summed E-state index contributed by atoms with van der Waals surface area (Å²) < 4.78 is 9.95. The maximum atomic E-state index is 11.5. The monoisotopic (exact) mass is 209 g/mol. The zero-order valence-electron chi connectivity index (χ0n) is 8.95. The van der Waals surface area contributed by atoms with Crippen molar-refractivity contribution in [3.63, 3.8) is 0 Å². The molecule has 1 aromatic rings. The third-order valence-corrected chi connectivity index (χ3v) is 1.92. The van der Waals surface area contributed by atoms with E-state index in [-0.39, 0.29) is 0 Å². The Labute approximate surface area is 89.0 Å². The van der Waals surface area contributed by atoms with E-state index >= 15 is 0 Å². The van der Waals surface area contributed by atoms with Gasteiger partial charge in [-0.05, 0) is 18.6 Å². The lowest BCUT2D eigenvalue weighted by atomic mass is 10.2. The number of carbonyl (C=O) groups is 1. The van der Waals surface area contributed by atoms with Crippen LogP contribution in [0.25, 0.3) is 0 Å². The van der Waals surface area contributed by atoms with E-state index in [4.69, 9.17) is 15.2 Å². The van der Waals surface area contributed by atoms with Crippen LogP contribution in [0.15, 0.2) is 18.2 Å². The van der Waals surface area contributed by atoms with Crippen LogP contribution in [0.2, 0.25) is 0 Å². The van der Waals surface area contributed by atoms with Gasteiger partial charge in [0, 0.05) is 11.8 Å². The summed E-state index contributed by atoms with van der Waals surface area (Å²) in [7, 11) is 1.55. The zero-order valence-corrected chi connectivity index (χ0v) is 8.95. The lowest BCUT2D eigenvalue weighted by molar-refractivity contribution is 0.0506. The van der Waals surface area contributed by atoms with Gasteiger partial charge < -0.3 is 15.2 Å². The van der Waals surface area contributed by atoms with E-state index in [2.05, 4.69) is 0 Å². The number of nitrogens with two attached hydrogens (primary N) is 1. The molecule has 0 saturated heterocycles. The Hall–Kier alpha value is -1.71. The molecule has 0 aliphatic heterocycles. The average molecular weight is 209 g/mol. The second-order valence-corrected chi connectivity index (χ2v) is 3.09. The molecule has 4 heteroatoms. The lowest BCUT2D eigenvalue weighted by Crippen LogP contribution is -2.08. The predicted octanol–water partition coefficient (Wildman–Crippen LogP) is 1.84. The Morgan fingerprint density at radius 1 is 1.47 bits per heavy atom.